The number of nitrogens with two attached hydrogens (primary N) is 1. The van der Waals surface area contributed by atoms with E-state index in [0.29, 0.717) is 45.3 Å². The van der Waals surface area contributed by atoms with Gasteiger partial charge in [0.05, 0.1) is 52.5 Å². The molecule has 0 fully saturated rings. The maximum atomic E-state index is 12.8. The zero-order valence-electron chi connectivity index (χ0n) is 76.4. The molecule has 0 radical (unpaired) electrons. The molecule has 0 saturated carbocycles. The van der Waals surface area contributed by atoms with Gasteiger partial charge in [0, 0.05) is 96.6 Å². The average molecular weight is 1860 g/mol. The molecule has 129 heavy (non-hydrogen) atoms. The first-order valence-corrected chi connectivity index (χ1v) is 46.9. The van der Waals surface area contributed by atoms with Crippen molar-refractivity contribution in [2.45, 2.75) is 303 Å². The Balaban J connectivity index is 0. The molecule has 734 valence electrons. The van der Waals surface area contributed by atoms with Crippen LogP contribution < -0.4 is 32.3 Å². The van der Waals surface area contributed by atoms with Crippen LogP contribution in [0.25, 0.3) is 0 Å². The number of carboxylic acid groups (broad SMARTS) is 4. The van der Waals surface area contributed by atoms with Crippen molar-refractivity contribution < 1.29 is 144 Å². The van der Waals surface area contributed by atoms with Gasteiger partial charge in [0.15, 0.2) is 23.5 Å². The number of esters is 2. The summed E-state index contributed by atoms with van der Waals surface area (Å²) >= 11 is 0. The van der Waals surface area contributed by atoms with Gasteiger partial charge in [-0.25, -0.2) is 4.57 Å². The number of ketones is 5. The van der Waals surface area contributed by atoms with Gasteiger partial charge in [-0.2, -0.15) is 0 Å². The molecule has 0 saturated heterocycles. The summed E-state index contributed by atoms with van der Waals surface area (Å²) in [5.41, 5.74) is 5.19. The van der Waals surface area contributed by atoms with Crippen LogP contribution in [-0.4, -0.2) is 280 Å². The second-order valence-corrected chi connectivity index (χ2v) is 32.6. The molecule has 2 atom stereocenters. The van der Waals surface area contributed by atoms with E-state index in [1.165, 1.54) is 89.9 Å². The lowest BCUT2D eigenvalue weighted by molar-refractivity contribution is -0.161. The molecule has 12 N–H and O–H groups in total. The number of rotatable bonds is 83. The minimum atomic E-state index is -4.50. The van der Waals surface area contributed by atoms with E-state index in [2.05, 4.69) is 64.7 Å². The summed E-state index contributed by atoms with van der Waals surface area (Å²) < 4.78 is 33.3. The van der Waals surface area contributed by atoms with E-state index in [0.717, 1.165) is 70.6 Å². The quantitative estimate of drug-likeness (QED) is 0.0124. The van der Waals surface area contributed by atoms with Crippen molar-refractivity contribution in [3.8, 4) is 0 Å². The van der Waals surface area contributed by atoms with Crippen molar-refractivity contribution in [3.63, 3.8) is 0 Å². The Hall–Kier alpha value is -10.0. The number of aliphatic carboxylic acids is 4. The molecule has 0 spiro atoms. The van der Waals surface area contributed by atoms with E-state index >= 15 is 0 Å². The third kappa shape index (κ3) is 75.5. The van der Waals surface area contributed by atoms with Crippen LogP contribution in [0, 0.1) is 0 Å². The van der Waals surface area contributed by atoms with E-state index in [4.69, 9.17) is 29.4 Å². The second kappa shape index (κ2) is 78.9. The lowest BCUT2D eigenvalue weighted by Gasteiger charge is -2.21. The Morgan fingerprint density at radius 3 is 1.12 bits per heavy atom. The number of amides is 9. The fraction of sp³-hybridized carbons (Fsp3) is 0.727. The molecule has 41 heteroatoms. The highest BCUT2D eigenvalue weighted by Crippen LogP contribution is 2.43. The number of phosphoric acid groups is 1. The molecule has 0 aromatic carbocycles. The summed E-state index contributed by atoms with van der Waals surface area (Å²) in [4.78, 5) is 255. The number of phosphoric ester groups is 1. The molecule has 0 rings (SSSR count). The molecule has 40 nitrogen and oxygen atoms in total. The number of carbonyl (C=O) groups excluding carboxylic acids is 16. The van der Waals surface area contributed by atoms with Crippen molar-refractivity contribution in [2.75, 3.05) is 111 Å². The monoisotopic (exact) mass is 1860 g/mol. The van der Waals surface area contributed by atoms with Gasteiger partial charge in [-0.3, -0.25) is 105 Å². The SMILES string of the molecule is CCCCC(=O)CCC(=O)NCC(=O)N(CC(=O)O)CC(=O)NCC(=O)CCC(=O)N(CC(=O)O)CC(=O)CCCNC(=O)CN(CC(=O)O)C(=O)CNC(=O)CCC(=O)CN(CC(=O)O)C(=O)CCC(=O)CN.CCCCCCCC/C=C\CCCCCCCC(=O)OCC(COP(=O)(O)OCCNC(=O)CC)OC(=O)CCCCCCC/C=C\CCCCCCCC. The number of carbonyl (C=O) groups is 20. The van der Waals surface area contributed by atoms with Crippen molar-refractivity contribution in [2.24, 2.45) is 5.73 Å². The minimum Gasteiger partial charge on any atom is -0.480 e. The number of hydrogen-bond acceptors (Lipinski definition) is 26. The van der Waals surface area contributed by atoms with Gasteiger partial charge in [-0.15, -0.1) is 0 Å². The fourth-order valence-corrected chi connectivity index (χ4v) is 12.8. The molecule has 0 aliphatic heterocycles. The molecule has 0 heterocycles. The van der Waals surface area contributed by atoms with Crippen molar-refractivity contribution in [3.05, 3.63) is 24.3 Å². The van der Waals surface area contributed by atoms with Gasteiger partial charge in [-0.05, 0) is 77.0 Å². The molecule has 2 unspecified atom stereocenters. The lowest BCUT2D eigenvalue weighted by atomic mass is 10.1. The second-order valence-electron chi connectivity index (χ2n) is 31.1. The Morgan fingerprint density at radius 2 is 0.690 bits per heavy atom. The summed E-state index contributed by atoms with van der Waals surface area (Å²) in [5.74, 6) is -17.0. The highest BCUT2D eigenvalue weighted by Gasteiger charge is 2.29. The Bertz CT molecular complexity index is 3540. The van der Waals surface area contributed by atoms with Crippen molar-refractivity contribution in [1.82, 2.24) is 46.2 Å². The summed E-state index contributed by atoms with van der Waals surface area (Å²) in [7, 11) is -4.50. The van der Waals surface area contributed by atoms with Crippen LogP contribution in [0.15, 0.2) is 24.3 Å². The number of nitrogens with one attached hydrogen (secondary N) is 5. The molecule has 0 bridgehead atoms. The Labute approximate surface area is 757 Å². The number of ether oxygens (including phenoxy) is 2. The number of carboxylic acids is 4. The van der Waals surface area contributed by atoms with Gasteiger partial charge in [0.1, 0.15) is 57.4 Å². The fourth-order valence-electron chi connectivity index (χ4n) is 12.1. The molecule has 0 aliphatic rings. The largest absolute Gasteiger partial charge is 0.480 e. The molecule has 0 aromatic heterocycles. The summed E-state index contributed by atoms with van der Waals surface area (Å²) in [6.45, 7) is -2.44. The van der Waals surface area contributed by atoms with Gasteiger partial charge < -0.3 is 86.7 Å². The Kier molecular flexibility index (Phi) is 74.0. The van der Waals surface area contributed by atoms with Crippen LogP contribution in [0.5, 0.6) is 0 Å². The van der Waals surface area contributed by atoms with Gasteiger partial charge in [-0.1, -0.05) is 161 Å². The van der Waals surface area contributed by atoms with Crippen LogP contribution in [0.1, 0.15) is 297 Å². The topological polar surface area (TPSA) is 596 Å². The maximum Gasteiger partial charge on any atom is 0.472 e. The number of allylic oxidation sites excluding steroid dienone is 4. The van der Waals surface area contributed by atoms with Crippen LogP contribution in [0.3, 0.4) is 0 Å². The molecular formula is C88H147N10O30P. The third-order valence-electron chi connectivity index (χ3n) is 19.4. The summed E-state index contributed by atoms with van der Waals surface area (Å²) in [6.07, 6.45) is 37.3. The summed E-state index contributed by atoms with van der Waals surface area (Å²) in [6, 6.07) is 0. The predicted molar refractivity (Wildman–Crippen MR) is 473 cm³/mol. The molecular weight excluding hydrogens is 1710 g/mol. The van der Waals surface area contributed by atoms with Gasteiger partial charge >= 0.3 is 43.6 Å². The maximum absolute atomic E-state index is 12.8. The zero-order chi connectivity index (χ0) is 96.8. The van der Waals surface area contributed by atoms with Crippen molar-refractivity contribution >= 4 is 126 Å². The van der Waals surface area contributed by atoms with E-state index < -0.39 is 231 Å². The predicted octanol–water partition coefficient (Wildman–Crippen LogP) is 7.18. The van der Waals surface area contributed by atoms with E-state index in [-0.39, 0.29) is 95.9 Å². The zero-order valence-corrected chi connectivity index (χ0v) is 77.3. The van der Waals surface area contributed by atoms with Crippen LogP contribution >= 0.6 is 7.82 Å². The van der Waals surface area contributed by atoms with E-state index in [1.54, 1.807) is 6.92 Å². The standard InChI is InChI=1S/C44H65N9O21.C44H82NO9P/c1-2-3-5-28(54)7-11-33(59)48-19-40(66)53(27-44(73)74)23-36(62)47-17-30(56)10-14-38(64)50(24-41(67)68)20-31(57)6-4-15-46-35(61)22-52(26-43(71)72)39(65)18-49-34(60)12-8-32(58)21-51(25-42(69)70)37(63)13-9-29(55)16-45;1-4-7-9-11-13-15-17-19-21-23-25-27-29-31-33-35-43(47)51-39-41(40-53-55(49,50)52-38-37-45-42(46)6-3)54-44(48)36-34-32-30-28-26-24-22-20-18-16-14-12-10-8-5-2/h2-27,45H2,1H3,(H,46,61)(H,47,62)(H,48,59)(H,49,60)(H,67,68)(H,69,70)(H,71,72)(H,73,74);19-22,41H,4-18,23-40H2,1-3H3,(H,45,46)(H,49,50)/b;21-19-,22-20-. The first-order valence-electron chi connectivity index (χ1n) is 45.4. The van der Waals surface area contributed by atoms with Crippen LogP contribution in [0.2, 0.25) is 0 Å². The van der Waals surface area contributed by atoms with E-state index in [1.807, 2.05) is 6.92 Å². The van der Waals surface area contributed by atoms with Gasteiger partial charge in [0.2, 0.25) is 53.2 Å². The van der Waals surface area contributed by atoms with E-state index in [9.17, 15) is 121 Å². The lowest BCUT2D eigenvalue weighted by Crippen LogP contribution is -2.47. The Morgan fingerprint density at radius 1 is 0.326 bits per heavy atom. The highest BCUT2D eigenvalue weighted by atomic mass is 31.2. The number of unbranched alkanes of at least 4 members (excludes halogenated alkanes) is 23. The first kappa shape index (κ1) is 121. The third-order valence-corrected chi connectivity index (χ3v) is 20.4. The first-order chi connectivity index (χ1) is 61.5. The average Bonchev–Trinajstić information content (AvgIpc) is 0.908. The summed E-state index contributed by atoms with van der Waals surface area (Å²) in [5, 5.41) is 48.3. The highest BCUT2D eigenvalue weighted by molar-refractivity contribution is 7.47. The number of hydrogen-bond donors (Lipinski definition) is 11. The van der Waals surface area contributed by atoms with Crippen molar-refractivity contribution in [1.29, 1.82) is 0 Å². The molecule has 0 aromatic rings. The van der Waals surface area contributed by atoms with Gasteiger partial charge in [0.25, 0.3) is 0 Å². The normalized spacial score (nSPS) is 11.6. The number of nitrogens with zero attached hydrogens (tertiary/aromatic N) is 4. The number of Topliss-reactive ketones (excluding diaryl/α,β-unsaturated/α-hetero) is 5. The minimum absolute atomic E-state index is 0.0446. The van der Waals surface area contributed by atoms with Crippen LogP contribution in [-0.2, 0) is 119 Å². The van der Waals surface area contributed by atoms with Crippen LogP contribution in [0.4, 0.5) is 0 Å². The molecule has 0 aliphatic carbocycles. The smallest absolute Gasteiger partial charge is 0.472 e. The molecule has 9 amide bonds.